The van der Waals surface area contributed by atoms with E-state index < -0.39 is 0 Å². The van der Waals surface area contributed by atoms with E-state index in [-0.39, 0.29) is 18.5 Å². The lowest BCUT2D eigenvalue weighted by molar-refractivity contribution is 0.0532. The molecule has 1 aromatic rings. The molecule has 0 saturated carbocycles. The molecular formula is C20H24INO4S. The summed E-state index contributed by atoms with van der Waals surface area (Å²) in [5.74, 6) is 1.75. The van der Waals surface area contributed by atoms with Crippen LogP contribution in [0.3, 0.4) is 0 Å². The third-order valence-corrected chi connectivity index (χ3v) is 6.18. The number of fused-ring (bicyclic) bond motifs is 1. The number of rotatable bonds is 9. The summed E-state index contributed by atoms with van der Waals surface area (Å²) in [6, 6.07) is 2.26. The molecule has 146 valence electrons. The maximum Gasteiger partial charge on any atom is 0.342 e. The number of methoxy groups -OCH3 is 1. The second-order valence-electron chi connectivity index (χ2n) is 6.55. The molecule has 2 rings (SSSR count). The number of carbonyl (C=O) groups is 1. The number of halogens is 1. The monoisotopic (exact) mass is 501 g/mol. The van der Waals surface area contributed by atoms with Crippen LogP contribution < -0.4 is 9.47 Å². The van der Waals surface area contributed by atoms with Gasteiger partial charge in [-0.2, -0.15) is 5.26 Å². The van der Waals surface area contributed by atoms with E-state index in [2.05, 4.69) is 33.4 Å². The van der Waals surface area contributed by atoms with E-state index in [9.17, 15) is 4.79 Å². The van der Waals surface area contributed by atoms with Crippen LogP contribution in [0.4, 0.5) is 0 Å². The summed E-state index contributed by atoms with van der Waals surface area (Å²) in [7, 11) is 3.29. The van der Waals surface area contributed by atoms with E-state index in [0.29, 0.717) is 30.8 Å². The van der Waals surface area contributed by atoms with Gasteiger partial charge in [0.2, 0.25) is 0 Å². The van der Waals surface area contributed by atoms with Crippen LogP contribution in [0.2, 0.25) is 0 Å². The van der Waals surface area contributed by atoms with Gasteiger partial charge in [0.1, 0.15) is 23.7 Å². The van der Waals surface area contributed by atoms with Crippen LogP contribution >= 0.6 is 30.1 Å². The molecule has 0 spiro atoms. The van der Waals surface area contributed by atoms with Gasteiger partial charge in [0.05, 0.1) is 19.8 Å². The number of nitriles is 1. The molecule has 1 aliphatic heterocycles. The van der Waals surface area contributed by atoms with E-state index in [4.69, 9.17) is 19.5 Å². The molecule has 0 saturated heterocycles. The normalized spacial score (nSPS) is 14.4. The zero-order valence-electron chi connectivity index (χ0n) is 16.1. The predicted molar refractivity (Wildman–Crippen MR) is 116 cm³/mol. The Labute approximate surface area is 177 Å². The maximum atomic E-state index is 12.3. The predicted octanol–water partition coefficient (Wildman–Crippen LogP) is 5.17. The van der Waals surface area contributed by atoms with Gasteiger partial charge in [0.15, 0.2) is 0 Å². The smallest absolute Gasteiger partial charge is 0.342 e. The van der Waals surface area contributed by atoms with Crippen LogP contribution in [0.15, 0.2) is 11.6 Å². The molecule has 0 bridgehead atoms. The maximum absolute atomic E-state index is 12.3. The second kappa shape index (κ2) is 10.2. The summed E-state index contributed by atoms with van der Waals surface area (Å²) >= 11 is 2.22. The summed E-state index contributed by atoms with van der Waals surface area (Å²) in [4.78, 5) is 12.3. The third-order valence-electron chi connectivity index (χ3n) is 4.54. The van der Waals surface area contributed by atoms with Crippen molar-refractivity contribution in [2.45, 2.75) is 40.2 Å². The van der Waals surface area contributed by atoms with Gasteiger partial charge in [0, 0.05) is 22.8 Å². The summed E-state index contributed by atoms with van der Waals surface area (Å²) in [6.45, 7) is 6.62. The standard InChI is InChI=1S/C20H24INO4S/c1-12(9-13(2)10-22)5-6-15-18(24-4)14(3)16-11-26-20(23)17(16)19(15)25-7-8-27-21/h5,13H,6-9,11H2,1-4H3/b12-5+. The van der Waals surface area contributed by atoms with Gasteiger partial charge in [-0.25, -0.2) is 4.79 Å². The molecule has 5 nitrogen and oxygen atoms in total. The molecular weight excluding hydrogens is 477 g/mol. The number of ether oxygens (including phenoxy) is 3. The number of esters is 1. The lowest BCUT2D eigenvalue weighted by atomic mass is 9.94. The van der Waals surface area contributed by atoms with Gasteiger partial charge in [0.25, 0.3) is 0 Å². The van der Waals surface area contributed by atoms with Gasteiger partial charge < -0.3 is 14.2 Å². The Morgan fingerprint density at radius 2 is 2.22 bits per heavy atom. The molecule has 0 aliphatic carbocycles. The highest BCUT2D eigenvalue weighted by Crippen LogP contribution is 2.43. The van der Waals surface area contributed by atoms with Crippen LogP contribution in [-0.4, -0.2) is 25.4 Å². The Hall–Kier alpha value is -1.40. The quantitative estimate of drug-likeness (QED) is 0.201. The highest BCUT2D eigenvalue weighted by molar-refractivity contribution is 14.2. The molecule has 0 amide bonds. The zero-order valence-corrected chi connectivity index (χ0v) is 19.0. The number of cyclic esters (lactones) is 1. The average Bonchev–Trinajstić information content (AvgIpc) is 3.04. The molecule has 0 fully saturated rings. The third kappa shape index (κ3) is 5.11. The Kier molecular flexibility index (Phi) is 8.29. The van der Waals surface area contributed by atoms with Crippen molar-refractivity contribution >= 4 is 36.1 Å². The van der Waals surface area contributed by atoms with Gasteiger partial charge in [-0.3, -0.25) is 0 Å². The second-order valence-corrected chi connectivity index (χ2v) is 9.04. The van der Waals surface area contributed by atoms with Crippen LogP contribution in [0.25, 0.3) is 0 Å². The molecule has 1 aliphatic rings. The zero-order chi connectivity index (χ0) is 20.0. The Balaban J connectivity index is 2.48. The molecule has 0 N–H and O–H groups in total. The minimum Gasteiger partial charge on any atom is -0.496 e. The van der Waals surface area contributed by atoms with Crippen LogP contribution in [0.5, 0.6) is 11.5 Å². The number of allylic oxidation sites excluding steroid dienone is 2. The molecule has 0 aromatic heterocycles. The molecule has 1 aromatic carbocycles. The van der Waals surface area contributed by atoms with Gasteiger partial charge >= 0.3 is 5.97 Å². The van der Waals surface area contributed by atoms with Gasteiger partial charge in [-0.15, -0.1) is 0 Å². The van der Waals surface area contributed by atoms with Crippen molar-refractivity contribution in [2.24, 2.45) is 5.92 Å². The number of carbonyl (C=O) groups excluding carboxylic acids is 1. The first-order chi connectivity index (χ1) is 12.9. The Morgan fingerprint density at radius 1 is 1.48 bits per heavy atom. The SMILES string of the molecule is COc1c(C)c2c(c(OCCSI)c1C/C=C(\C)CC(C)C#N)C(=O)OC2. The number of hydrogen-bond acceptors (Lipinski definition) is 6. The summed E-state index contributed by atoms with van der Waals surface area (Å²) in [5.41, 5.74) is 4.27. The lowest BCUT2D eigenvalue weighted by Gasteiger charge is -2.19. The van der Waals surface area contributed by atoms with Crippen molar-refractivity contribution in [3.8, 4) is 17.6 Å². The summed E-state index contributed by atoms with van der Waals surface area (Å²) in [6.07, 6.45) is 3.37. The lowest BCUT2D eigenvalue weighted by Crippen LogP contribution is -2.10. The minimum absolute atomic E-state index is 0.0312. The van der Waals surface area contributed by atoms with E-state index in [0.717, 1.165) is 33.8 Å². The van der Waals surface area contributed by atoms with Crippen LogP contribution in [0, 0.1) is 24.2 Å². The number of benzene rings is 1. The van der Waals surface area contributed by atoms with Crippen molar-refractivity contribution in [3.63, 3.8) is 0 Å². The van der Waals surface area contributed by atoms with Crippen molar-refractivity contribution < 1.29 is 19.0 Å². The van der Waals surface area contributed by atoms with Crippen molar-refractivity contribution in [1.82, 2.24) is 0 Å². The number of hydrogen-bond donors (Lipinski definition) is 0. The summed E-state index contributed by atoms with van der Waals surface area (Å²) in [5, 5.41) is 9.02. The van der Waals surface area contributed by atoms with Gasteiger partial charge in [-0.1, -0.05) is 20.6 Å². The largest absolute Gasteiger partial charge is 0.496 e. The number of nitrogens with zero attached hydrogens (tertiary/aromatic N) is 1. The fraction of sp³-hybridized carbons (Fsp3) is 0.500. The molecule has 1 atom stereocenters. The minimum atomic E-state index is -0.340. The van der Waals surface area contributed by atoms with Crippen LogP contribution in [-0.2, 0) is 17.8 Å². The highest BCUT2D eigenvalue weighted by atomic mass is 127. The summed E-state index contributed by atoms with van der Waals surface area (Å²) < 4.78 is 17.0. The Bertz CT molecular complexity index is 785. The van der Waals surface area contributed by atoms with E-state index >= 15 is 0 Å². The highest BCUT2D eigenvalue weighted by Gasteiger charge is 2.33. The molecule has 1 heterocycles. The van der Waals surface area contributed by atoms with E-state index in [1.165, 1.54) is 0 Å². The topological polar surface area (TPSA) is 68.5 Å². The molecule has 1 unspecified atom stereocenters. The molecule has 7 heteroatoms. The van der Waals surface area contributed by atoms with Crippen LogP contribution in [0.1, 0.15) is 47.3 Å². The fourth-order valence-electron chi connectivity index (χ4n) is 3.23. The van der Waals surface area contributed by atoms with Gasteiger partial charge in [-0.05, 0) is 60.4 Å². The fourth-order valence-corrected chi connectivity index (χ4v) is 3.92. The van der Waals surface area contributed by atoms with Crippen molar-refractivity contribution in [2.75, 3.05) is 19.5 Å². The van der Waals surface area contributed by atoms with E-state index in [1.807, 2.05) is 20.8 Å². The van der Waals surface area contributed by atoms with Crippen molar-refractivity contribution in [1.29, 1.82) is 5.26 Å². The first-order valence-corrected chi connectivity index (χ1v) is 12.3. The first-order valence-electron chi connectivity index (χ1n) is 8.75. The van der Waals surface area contributed by atoms with E-state index in [1.54, 1.807) is 16.0 Å². The van der Waals surface area contributed by atoms with Crippen molar-refractivity contribution in [3.05, 3.63) is 33.9 Å². The molecule has 0 radical (unpaired) electrons. The Morgan fingerprint density at radius 3 is 2.85 bits per heavy atom. The first kappa shape index (κ1) is 21.9. The average molecular weight is 501 g/mol. The molecule has 27 heavy (non-hydrogen) atoms.